The fourth-order valence-electron chi connectivity index (χ4n) is 2.21. The highest BCUT2D eigenvalue weighted by Gasteiger charge is 2.12. The maximum absolute atomic E-state index is 12.2. The summed E-state index contributed by atoms with van der Waals surface area (Å²) in [6.07, 6.45) is 0. The van der Waals surface area contributed by atoms with Crippen LogP contribution >= 0.6 is 22.9 Å². The van der Waals surface area contributed by atoms with Gasteiger partial charge in [0, 0.05) is 5.56 Å². The van der Waals surface area contributed by atoms with Crippen molar-refractivity contribution in [2.75, 3.05) is 18.5 Å². The van der Waals surface area contributed by atoms with E-state index in [0.717, 1.165) is 16.0 Å². The SMILES string of the molecule is CCOc1cccc2sc(NCC(=O)c3ccccc3Cl)nc12.[Br-]. The van der Waals surface area contributed by atoms with Gasteiger partial charge in [-0.2, -0.15) is 0 Å². The predicted octanol–water partition coefficient (Wildman–Crippen LogP) is 1.65. The molecule has 0 aliphatic heterocycles. The fraction of sp³-hybridized carbons (Fsp3) is 0.176. The number of Topliss-reactive ketones (excluding diaryl/α,β-unsaturated/α-hetero) is 1. The number of rotatable bonds is 6. The smallest absolute Gasteiger partial charge is 0.184 e. The van der Waals surface area contributed by atoms with Crippen molar-refractivity contribution in [3.8, 4) is 5.75 Å². The largest absolute Gasteiger partial charge is 1.00 e. The minimum absolute atomic E-state index is 0. The quantitative estimate of drug-likeness (QED) is 0.609. The molecule has 126 valence electrons. The van der Waals surface area contributed by atoms with E-state index < -0.39 is 0 Å². The molecule has 0 aliphatic rings. The maximum Gasteiger partial charge on any atom is 0.184 e. The molecular formula is C17H15BrClN2O2S-. The van der Waals surface area contributed by atoms with Gasteiger partial charge in [-0.25, -0.2) is 4.98 Å². The zero-order chi connectivity index (χ0) is 16.2. The molecule has 2 aromatic carbocycles. The molecule has 0 bridgehead atoms. The van der Waals surface area contributed by atoms with Gasteiger partial charge in [0.05, 0.1) is 22.9 Å². The van der Waals surface area contributed by atoms with E-state index >= 15 is 0 Å². The monoisotopic (exact) mass is 425 g/mol. The predicted molar refractivity (Wildman–Crippen MR) is 95.1 cm³/mol. The number of carbonyl (C=O) groups is 1. The van der Waals surface area contributed by atoms with Crippen molar-refractivity contribution < 1.29 is 26.5 Å². The van der Waals surface area contributed by atoms with Gasteiger partial charge in [0.1, 0.15) is 11.3 Å². The molecule has 3 aromatic rings. The van der Waals surface area contributed by atoms with Crippen LogP contribution in [0, 0.1) is 0 Å². The first kappa shape index (κ1) is 18.7. The van der Waals surface area contributed by atoms with Gasteiger partial charge in [0.15, 0.2) is 10.9 Å². The summed E-state index contributed by atoms with van der Waals surface area (Å²) in [6, 6.07) is 12.8. The number of nitrogens with zero attached hydrogens (tertiary/aromatic N) is 1. The van der Waals surface area contributed by atoms with E-state index in [1.54, 1.807) is 24.3 Å². The second-order valence-electron chi connectivity index (χ2n) is 4.81. The zero-order valence-electron chi connectivity index (χ0n) is 12.9. The van der Waals surface area contributed by atoms with Crippen LogP contribution < -0.4 is 27.0 Å². The van der Waals surface area contributed by atoms with Crippen molar-refractivity contribution >= 4 is 44.1 Å². The molecule has 1 heterocycles. The van der Waals surface area contributed by atoms with Crippen LogP contribution in [0.4, 0.5) is 5.13 Å². The Morgan fingerprint density at radius 1 is 1.25 bits per heavy atom. The van der Waals surface area contributed by atoms with E-state index in [2.05, 4.69) is 10.3 Å². The molecule has 1 aromatic heterocycles. The average molecular weight is 427 g/mol. The molecule has 0 atom stereocenters. The Morgan fingerprint density at radius 2 is 2.04 bits per heavy atom. The number of aromatic nitrogens is 1. The number of ketones is 1. The summed E-state index contributed by atoms with van der Waals surface area (Å²) in [5, 5.41) is 4.22. The molecule has 0 spiro atoms. The molecule has 7 heteroatoms. The van der Waals surface area contributed by atoms with Crippen LogP contribution in [0.5, 0.6) is 5.75 Å². The number of benzene rings is 2. The minimum atomic E-state index is -0.0695. The molecule has 1 N–H and O–H groups in total. The van der Waals surface area contributed by atoms with Gasteiger partial charge in [-0.15, -0.1) is 0 Å². The number of fused-ring (bicyclic) bond motifs is 1. The van der Waals surface area contributed by atoms with Gasteiger partial charge in [-0.3, -0.25) is 4.79 Å². The van der Waals surface area contributed by atoms with Crippen LogP contribution in [0.3, 0.4) is 0 Å². The molecule has 0 unspecified atom stereocenters. The lowest BCUT2D eigenvalue weighted by Gasteiger charge is -2.04. The molecule has 0 radical (unpaired) electrons. The number of hydrogen-bond acceptors (Lipinski definition) is 5. The van der Waals surface area contributed by atoms with E-state index in [9.17, 15) is 4.79 Å². The van der Waals surface area contributed by atoms with Crippen LogP contribution in [0.15, 0.2) is 42.5 Å². The van der Waals surface area contributed by atoms with Crippen LogP contribution in [0.2, 0.25) is 5.02 Å². The maximum atomic E-state index is 12.2. The van der Waals surface area contributed by atoms with E-state index in [0.29, 0.717) is 22.3 Å². The molecule has 0 fully saturated rings. The second-order valence-corrected chi connectivity index (χ2v) is 6.25. The van der Waals surface area contributed by atoms with Gasteiger partial charge >= 0.3 is 0 Å². The van der Waals surface area contributed by atoms with Gasteiger partial charge in [-0.05, 0) is 31.2 Å². The lowest BCUT2D eigenvalue weighted by atomic mass is 10.1. The highest BCUT2D eigenvalue weighted by atomic mass is 79.9. The first-order chi connectivity index (χ1) is 11.2. The number of carbonyl (C=O) groups excluding carboxylic acids is 1. The lowest BCUT2D eigenvalue weighted by molar-refractivity contribution is -0.0000127. The number of ether oxygens (including phenoxy) is 1. The Labute approximate surface area is 159 Å². The van der Waals surface area contributed by atoms with Gasteiger partial charge in [0.2, 0.25) is 0 Å². The molecule has 24 heavy (non-hydrogen) atoms. The Kier molecular flexibility index (Phi) is 6.60. The fourth-order valence-corrected chi connectivity index (χ4v) is 3.33. The summed E-state index contributed by atoms with van der Waals surface area (Å²) >= 11 is 7.53. The Morgan fingerprint density at radius 3 is 2.79 bits per heavy atom. The number of hydrogen-bond donors (Lipinski definition) is 1. The third kappa shape index (κ3) is 4.06. The summed E-state index contributed by atoms with van der Waals surface area (Å²) in [5.74, 6) is 0.687. The van der Waals surface area contributed by atoms with Crippen LogP contribution in [0.1, 0.15) is 17.3 Å². The highest BCUT2D eigenvalue weighted by molar-refractivity contribution is 7.22. The number of nitrogens with one attached hydrogen (secondary N) is 1. The second kappa shape index (κ2) is 8.46. The molecule has 0 aliphatic carbocycles. The zero-order valence-corrected chi connectivity index (χ0v) is 16.0. The van der Waals surface area contributed by atoms with Gasteiger partial charge in [0.25, 0.3) is 0 Å². The molecule has 0 saturated carbocycles. The summed E-state index contributed by atoms with van der Waals surface area (Å²) in [6.45, 7) is 2.67. The van der Waals surface area contributed by atoms with Crippen molar-refractivity contribution in [2.24, 2.45) is 0 Å². The van der Waals surface area contributed by atoms with Crippen molar-refractivity contribution in [3.05, 3.63) is 53.1 Å². The average Bonchev–Trinajstić information content (AvgIpc) is 2.97. The topological polar surface area (TPSA) is 51.2 Å². The molecule has 3 rings (SSSR count). The van der Waals surface area contributed by atoms with E-state index in [1.165, 1.54) is 11.3 Å². The Hall–Kier alpha value is -1.63. The lowest BCUT2D eigenvalue weighted by Crippen LogP contribution is -3.00. The summed E-state index contributed by atoms with van der Waals surface area (Å²) in [7, 11) is 0. The number of anilines is 1. The summed E-state index contributed by atoms with van der Waals surface area (Å²) in [5.41, 5.74) is 1.32. The van der Waals surface area contributed by atoms with Crippen molar-refractivity contribution in [2.45, 2.75) is 6.92 Å². The van der Waals surface area contributed by atoms with Crippen molar-refractivity contribution in [1.82, 2.24) is 4.98 Å². The summed E-state index contributed by atoms with van der Waals surface area (Å²) < 4.78 is 6.59. The molecule has 0 amide bonds. The minimum Gasteiger partial charge on any atom is -1.00 e. The number of para-hydroxylation sites is 1. The summed E-state index contributed by atoms with van der Waals surface area (Å²) in [4.78, 5) is 16.7. The van der Waals surface area contributed by atoms with Crippen LogP contribution in [-0.4, -0.2) is 23.9 Å². The van der Waals surface area contributed by atoms with E-state index in [4.69, 9.17) is 16.3 Å². The first-order valence-electron chi connectivity index (χ1n) is 7.23. The van der Waals surface area contributed by atoms with Gasteiger partial charge in [-0.1, -0.05) is 41.1 Å². The van der Waals surface area contributed by atoms with E-state index in [1.807, 2.05) is 25.1 Å². The third-order valence-electron chi connectivity index (χ3n) is 3.26. The Balaban J connectivity index is 0.00000208. The van der Waals surface area contributed by atoms with Crippen LogP contribution in [0.25, 0.3) is 10.2 Å². The molecule has 0 saturated heterocycles. The number of halogens is 2. The molecule has 4 nitrogen and oxygen atoms in total. The first-order valence-corrected chi connectivity index (χ1v) is 8.42. The standard InChI is InChI=1S/C17H15ClN2O2S.BrH/c1-2-22-14-8-5-9-15-16(14)20-17(23-15)19-10-13(21)11-6-3-4-7-12(11)18;/h3-9H,2,10H2,1H3,(H,19,20);1H/p-1. The number of thiazole rings is 1. The van der Waals surface area contributed by atoms with Crippen molar-refractivity contribution in [3.63, 3.8) is 0 Å². The normalized spacial score (nSPS) is 10.2. The van der Waals surface area contributed by atoms with E-state index in [-0.39, 0.29) is 29.3 Å². The Bertz CT molecular complexity index is 853. The van der Waals surface area contributed by atoms with Crippen molar-refractivity contribution in [1.29, 1.82) is 0 Å². The third-order valence-corrected chi connectivity index (χ3v) is 4.56. The molecular weight excluding hydrogens is 412 g/mol. The highest BCUT2D eigenvalue weighted by Crippen LogP contribution is 2.32. The van der Waals surface area contributed by atoms with Crippen LogP contribution in [-0.2, 0) is 0 Å². The van der Waals surface area contributed by atoms with Gasteiger partial charge < -0.3 is 27.0 Å².